The Morgan fingerprint density at radius 3 is 2.65 bits per heavy atom. The van der Waals surface area contributed by atoms with Gasteiger partial charge in [-0.25, -0.2) is 4.39 Å². The van der Waals surface area contributed by atoms with Crippen molar-refractivity contribution in [2.45, 2.75) is 18.9 Å². The number of hydrogen-bond donors (Lipinski definition) is 1. The Morgan fingerprint density at radius 1 is 1.17 bits per heavy atom. The number of guanidine groups is 1. The van der Waals surface area contributed by atoms with Gasteiger partial charge in [0.05, 0.1) is 0 Å². The lowest BCUT2D eigenvalue weighted by molar-refractivity contribution is 0.484. The summed E-state index contributed by atoms with van der Waals surface area (Å²) < 4.78 is 13.7. The smallest absolute Gasteiger partial charge is 0.193 e. The van der Waals surface area contributed by atoms with E-state index in [1.807, 2.05) is 12.1 Å². The third kappa shape index (κ3) is 3.70. The fraction of sp³-hybridized carbons (Fsp3) is 0.316. The Morgan fingerprint density at radius 2 is 1.91 bits per heavy atom. The van der Waals surface area contributed by atoms with Crippen LogP contribution in [-0.2, 0) is 6.54 Å². The fourth-order valence-corrected chi connectivity index (χ4v) is 3.10. The van der Waals surface area contributed by atoms with Crippen molar-refractivity contribution in [1.29, 1.82) is 0 Å². The summed E-state index contributed by atoms with van der Waals surface area (Å²) in [6.07, 6.45) is 1.12. The predicted octanol–water partition coefficient (Wildman–Crippen LogP) is 3.39. The average Bonchev–Trinajstić information content (AvgIpc) is 3.08. The van der Waals surface area contributed by atoms with Crippen LogP contribution in [0.3, 0.4) is 0 Å². The molecule has 3 nitrogen and oxygen atoms in total. The molecule has 0 spiro atoms. The molecule has 2 aromatic rings. The van der Waals surface area contributed by atoms with E-state index in [9.17, 15) is 4.39 Å². The van der Waals surface area contributed by atoms with E-state index in [1.54, 1.807) is 19.2 Å². The highest BCUT2D eigenvalue weighted by molar-refractivity contribution is 5.80. The number of aliphatic imine (C=N–C) groups is 1. The van der Waals surface area contributed by atoms with Crippen LogP contribution in [0.15, 0.2) is 59.6 Å². The van der Waals surface area contributed by atoms with Crippen molar-refractivity contribution in [2.75, 3.05) is 20.1 Å². The molecule has 4 heteroatoms. The minimum atomic E-state index is -0.181. The Balaban J connectivity index is 1.61. The second-order valence-electron chi connectivity index (χ2n) is 5.83. The van der Waals surface area contributed by atoms with Crippen molar-refractivity contribution in [1.82, 2.24) is 10.2 Å². The molecular formula is C19H22FN3. The maximum atomic E-state index is 13.7. The first-order valence-electron chi connectivity index (χ1n) is 8.02. The van der Waals surface area contributed by atoms with E-state index in [0.29, 0.717) is 18.0 Å². The van der Waals surface area contributed by atoms with Crippen LogP contribution in [0.4, 0.5) is 4.39 Å². The van der Waals surface area contributed by atoms with Gasteiger partial charge in [-0.1, -0.05) is 48.5 Å². The molecule has 1 saturated heterocycles. The number of nitrogens with zero attached hydrogens (tertiary/aromatic N) is 2. The standard InChI is InChI=1S/C19H22FN3/c1-21-19(22-13-16-9-5-6-10-18(16)20)23-12-11-17(14-23)15-7-3-2-4-8-15/h2-10,17H,11-14H2,1H3,(H,21,22). The van der Waals surface area contributed by atoms with Gasteiger partial charge in [0.15, 0.2) is 5.96 Å². The van der Waals surface area contributed by atoms with Gasteiger partial charge in [0.25, 0.3) is 0 Å². The number of benzene rings is 2. The maximum Gasteiger partial charge on any atom is 0.193 e. The average molecular weight is 311 g/mol. The van der Waals surface area contributed by atoms with Crippen molar-refractivity contribution in [3.05, 3.63) is 71.5 Å². The predicted molar refractivity (Wildman–Crippen MR) is 92.0 cm³/mol. The third-order valence-electron chi connectivity index (χ3n) is 4.37. The molecule has 0 amide bonds. The molecule has 0 aliphatic carbocycles. The molecule has 1 aliphatic rings. The summed E-state index contributed by atoms with van der Waals surface area (Å²) in [5, 5.41) is 3.28. The van der Waals surface area contributed by atoms with Crippen molar-refractivity contribution < 1.29 is 4.39 Å². The molecule has 0 bridgehead atoms. The zero-order chi connectivity index (χ0) is 16.1. The first-order chi connectivity index (χ1) is 11.3. The summed E-state index contributed by atoms with van der Waals surface area (Å²) in [7, 11) is 1.78. The van der Waals surface area contributed by atoms with Crippen LogP contribution in [0.1, 0.15) is 23.5 Å². The molecule has 0 aromatic heterocycles. The molecule has 1 aliphatic heterocycles. The van der Waals surface area contributed by atoms with Crippen LogP contribution in [0.25, 0.3) is 0 Å². The van der Waals surface area contributed by atoms with Crippen molar-refractivity contribution in [2.24, 2.45) is 4.99 Å². The van der Waals surface area contributed by atoms with Gasteiger partial charge in [-0.05, 0) is 18.1 Å². The van der Waals surface area contributed by atoms with E-state index in [0.717, 1.165) is 25.5 Å². The number of hydrogen-bond acceptors (Lipinski definition) is 1. The van der Waals surface area contributed by atoms with Crippen LogP contribution in [0.2, 0.25) is 0 Å². The summed E-state index contributed by atoms with van der Waals surface area (Å²) in [5.41, 5.74) is 2.03. The van der Waals surface area contributed by atoms with E-state index >= 15 is 0 Å². The molecule has 2 aromatic carbocycles. The fourth-order valence-electron chi connectivity index (χ4n) is 3.10. The van der Waals surface area contributed by atoms with Crippen LogP contribution in [0, 0.1) is 5.82 Å². The molecule has 1 N–H and O–H groups in total. The van der Waals surface area contributed by atoms with E-state index < -0.39 is 0 Å². The minimum Gasteiger partial charge on any atom is -0.352 e. The highest BCUT2D eigenvalue weighted by atomic mass is 19.1. The van der Waals surface area contributed by atoms with Crippen molar-refractivity contribution in [3.63, 3.8) is 0 Å². The summed E-state index contributed by atoms with van der Waals surface area (Å²) in [6, 6.07) is 17.4. The topological polar surface area (TPSA) is 27.6 Å². The lowest BCUT2D eigenvalue weighted by Crippen LogP contribution is -2.39. The van der Waals surface area contributed by atoms with E-state index in [2.05, 4.69) is 39.5 Å². The van der Waals surface area contributed by atoms with Crippen molar-refractivity contribution in [3.8, 4) is 0 Å². The highest BCUT2D eigenvalue weighted by Crippen LogP contribution is 2.26. The monoisotopic (exact) mass is 311 g/mol. The summed E-state index contributed by atoms with van der Waals surface area (Å²) in [5.74, 6) is 1.19. The number of likely N-dealkylation sites (tertiary alicyclic amines) is 1. The molecule has 23 heavy (non-hydrogen) atoms. The van der Waals surface area contributed by atoms with E-state index in [-0.39, 0.29) is 5.82 Å². The van der Waals surface area contributed by atoms with Gasteiger partial charge in [-0.3, -0.25) is 4.99 Å². The summed E-state index contributed by atoms with van der Waals surface area (Å²) >= 11 is 0. The SMILES string of the molecule is CN=C(NCc1ccccc1F)N1CCC(c2ccccc2)C1. The summed E-state index contributed by atoms with van der Waals surface area (Å²) in [6.45, 7) is 2.36. The van der Waals surface area contributed by atoms with Crippen LogP contribution >= 0.6 is 0 Å². The molecule has 0 saturated carbocycles. The summed E-state index contributed by atoms with van der Waals surface area (Å²) in [4.78, 5) is 6.60. The number of rotatable bonds is 3. The highest BCUT2D eigenvalue weighted by Gasteiger charge is 2.25. The quantitative estimate of drug-likeness (QED) is 0.695. The van der Waals surface area contributed by atoms with Crippen molar-refractivity contribution >= 4 is 5.96 Å². The zero-order valence-corrected chi connectivity index (χ0v) is 13.4. The van der Waals surface area contributed by atoms with Gasteiger partial charge in [0.1, 0.15) is 5.82 Å². The maximum absolute atomic E-state index is 13.7. The molecule has 1 unspecified atom stereocenters. The minimum absolute atomic E-state index is 0.181. The van der Waals surface area contributed by atoms with E-state index in [4.69, 9.17) is 0 Å². The van der Waals surface area contributed by atoms with Crippen LogP contribution in [0.5, 0.6) is 0 Å². The zero-order valence-electron chi connectivity index (χ0n) is 13.4. The Bertz CT molecular complexity index is 669. The first kappa shape index (κ1) is 15.5. The first-order valence-corrected chi connectivity index (χ1v) is 8.02. The molecule has 1 atom stereocenters. The number of nitrogens with one attached hydrogen (secondary N) is 1. The van der Waals surface area contributed by atoms with Gasteiger partial charge in [-0.15, -0.1) is 0 Å². The molecule has 1 fully saturated rings. The van der Waals surface area contributed by atoms with Crippen LogP contribution in [-0.4, -0.2) is 31.0 Å². The molecule has 3 rings (SSSR count). The largest absolute Gasteiger partial charge is 0.352 e. The van der Waals surface area contributed by atoms with Gasteiger partial charge >= 0.3 is 0 Å². The van der Waals surface area contributed by atoms with Gasteiger partial charge in [0.2, 0.25) is 0 Å². The normalized spacial score (nSPS) is 18.3. The molecule has 1 heterocycles. The second kappa shape index (κ2) is 7.27. The Hall–Kier alpha value is -2.36. The second-order valence-corrected chi connectivity index (χ2v) is 5.83. The van der Waals surface area contributed by atoms with E-state index in [1.165, 1.54) is 11.6 Å². The lowest BCUT2D eigenvalue weighted by atomic mass is 9.99. The Labute approximate surface area is 136 Å². The van der Waals surface area contributed by atoms with Gasteiger partial charge in [-0.2, -0.15) is 0 Å². The number of halogens is 1. The van der Waals surface area contributed by atoms with Gasteiger partial charge < -0.3 is 10.2 Å². The molecule has 0 radical (unpaired) electrons. The van der Waals surface area contributed by atoms with Crippen LogP contribution < -0.4 is 5.32 Å². The third-order valence-corrected chi connectivity index (χ3v) is 4.37. The Kier molecular flexibility index (Phi) is 4.91. The lowest BCUT2D eigenvalue weighted by Gasteiger charge is -2.22. The molecule has 120 valence electrons. The molecular weight excluding hydrogens is 289 g/mol. The van der Waals surface area contributed by atoms with Gasteiger partial charge in [0, 0.05) is 38.2 Å².